The van der Waals surface area contributed by atoms with Crippen LogP contribution in [-0.2, 0) is 4.74 Å². The number of halogens is 1. The van der Waals surface area contributed by atoms with Crippen molar-refractivity contribution in [3.8, 4) is 17.2 Å². The molecule has 7 nitrogen and oxygen atoms in total. The second-order valence-electron chi connectivity index (χ2n) is 6.18. The molecule has 8 heteroatoms. The van der Waals surface area contributed by atoms with Crippen LogP contribution in [-0.4, -0.2) is 40.6 Å². The fourth-order valence-corrected chi connectivity index (χ4v) is 2.51. The van der Waals surface area contributed by atoms with Crippen molar-refractivity contribution in [1.82, 2.24) is 14.8 Å². The minimum absolute atomic E-state index is 0.0526. The molecular weight excluding hydrogens is 377 g/mol. The van der Waals surface area contributed by atoms with Crippen LogP contribution >= 0.6 is 0 Å². The molecule has 0 N–H and O–H groups in total. The van der Waals surface area contributed by atoms with E-state index in [0.717, 1.165) is 12.2 Å². The third-order valence-electron chi connectivity index (χ3n) is 3.90. The summed E-state index contributed by atoms with van der Waals surface area (Å²) in [6.45, 7) is 4.66. The number of benzene rings is 2. The lowest BCUT2D eigenvalue weighted by atomic mass is 10.3. The zero-order valence-electron chi connectivity index (χ0n) is 16.3. The number of esters is 1. The van der Waals surface area contributed by atoms with E-state index in [-0.39, 0.29) is 24.9 Å². The van der Waals surface area contributed by atoms with Crippen molar-refractivity contribution in [1.29, 1.82) is 0 Å². The summed E-state index contributed by atoms with van der Waals surface area (Å²) in [5.41, 5.74) is 0.602. The first kappa shape index (κ1) is 20.3. The van der Waals surface area contributed by atoms with Crippen molar-refractivity contribution in [2.75, 3.05) is 19.8 Å². The van der Waals surface area contributed by atoms with Gasteiger partial charge in [-0.2, -0.15) is 0 Å². The third kappa shape index (κ3) is 5.54. The normalized spacial score (nSPS) is 10.6. The monoisotopic (exact) mass is 399 g/mol. The van der Waals surface area contributed by atoms with Crippen LogP contribution in [0.25, 0.3) is 5.69 Å². The van der Waals surface area contributed by atoms with Gasteiger partial charge in [-0.1, -0.05) is 6.92 Å². The summed E-state index contributed by atoms with van der Waals surface area (Å²) in [4.78, 5) is 16.3. The first-order valence-corrected chi connectivity index (χ1v) is 9.29. The van der Waals surface area contributed by atoms with Gasteiger partial charge in [0.2, 0.25) is 0 Å². The highest BCUT2D eigenvalue weighted by Gasteiger charge is 2.16. The number of hydrogen-bond donors (Lipinski definition) is 0. The standard InChI is InChI=1S/C21H22FN3O4/c1-3-12-27-18-8-10-19(11-9-18)28-13-14-29-21(26)20-23-15(2)25(24-20)17-6-4-16(22)5-7-17/h4-11H,3,12-14H2,1-2H3. The highest BCUT2D eigenvalue weighted by molar-refractivity contribution is 5.85. The van der Waals surface area contributed by atoms with Gasteiger partial charge in [0, 0.05) is 0 Å². The second-order valence-corrected chi connectivity index (χ2v) is 6.18. The predicted octanol–water partition coefficient (Wildman–Crippen LogP) is 3.74. The molecule has 0 amide bonds. The molecule has 2 aromatic carbocycles. The van der Waals surface area contributed by atoms with Crippen molar-refractivity contribution in [3.05, 3.63) is 66.0 Å². The molecule has 1 aromatic heterocycles. The van der Waals surface area contributed by atoms with Crippen molar-refractivity contribution in [2.45, 2.75) is 20.3 Å². The van der Waals surface area contributed by atoms with Crippen LogP contribution in [0.3, 0.4) is 0 Å². The van der Waals surface area contributed by atoms with E-state index in [4.69, 9.17) is 14.2 Å². The Bertz CT molecular complexity index is 940. The minimum Gasteiger partial charge on any atom is -0.494 e. The molecule has 0 spiro atoms. The van der Waals surface area contributed by atoms with Crippen molar-refractivity contribution in [2.24, 2.45) is 0 Å². The van der Waals surface area contributed by atoms with Gasteiger partial charge in [0.15, 0.2) is 0 Å². The molecule has 0 bridgehead atoms. The highest BCUT2D eigenvalue weighted by Crippen LogP contribution is 2.17. The molecule has 29 heavy (non-hydrogen) atoms. The van der Waals surface area contributed by atoms with E-state index in [9.17, 15) is 9.18 Å². The zero-order chi connectivity index (χ0) is 20.6. The Morgan fingerprint density at radius 3 is 2.21 bits per heavy atom. The van der Waals surface area contributed by atoms with Gasteiger partial charge >= 0.3 is 5.97 Å². The number of aromatic nitrogens is 3. The number of carbonyl (C=O) groups is 1. The number of ether oxygens (including phenoxy) is 3. The molecule has 152 valence electrons. The summed E-state index contributed by atoms with van der Waals surface area (Å²) < 4.78 is 30.7. The van der Waals surface area contributed by atoms with Crippen molar-refractivity contribution < 1.29 is 23.4 Å². The molecule has 1 heterocycles. The maximum atomic E-state index is 13.1. The number of rotatable bonds is 9. The fraction of sp³-hybridized carbons (Fsp3) is 0.286. The van der Waals surface area contributed by atoms with E-state index in [2.05, 4.69) is 10.1 Å². The number of aryl methyl sites for hydroxylation is 1. The maximum Gasteiger partial charge on any atom is 0.378 e. The van der Waals surface area contributed by atoms with E-state index in [1.807, 2.05) is 19.1 Å². The largest absolute Gasteiger partial charge is 0.494 e. The van der Waals surface area contributed by atoms with Crippen LogP contribution in [0, 0.1) is 12.7 Å². The third-order valence-corrected chi connectivity index (χ3v) is 3.90. The van der Waals surface area contributed by atoms with Crippen LogP contribution < -0.4 is 9.47 Å². The number of hydrogen-bond acceptors (Lipinski definition) is 6. The number of nitrogens with zero attached hydrogens (tertiary/aromatic N) is 3. The van der Waals surface area contributed by atoms with Gasteiger partial charge in [-0.05, 0) is 61.9 Å². The molecule has 0 aliphatic rings. The first-order chi connectivity index (χ1) is 14.1. The molecule has 3 aromatic rings. The van der Waals surface area contributed by atoms with Gasteiger partial charge in [0.1, 0.15) is 36.4 Å². The summed E-state index contributed by atoms with van der Waals surface area (Å²) in [6.07, 6.45) is 0.945. The Balaban J connectivity index is 1.48. The minimum atomic E-state index is -0.652. The van der Waals surface area contributed by atoms with E-state index >= 15 is 0 Å². The van der Waals surface area contributed by atoms with E-state index in [1.54, 1.807) is 31.2 Å². The molecule has 0 saturated carbocycles. The van der Waals surface area contributed by atoms with Gasteiger partial charge in [0.05, 0.1) is 12.3 Å². The lowest BCUT2D eigenvalue weighted by molar-refractivity contribution is 0.0436. The number of carbonyl (C=O) groups excluding carboxylic acids is 1. The van der Waals surface area contributed by atoms with Crippen LogP contribution in [0.1, 0.15) is 29.8 Å². The Morgan fingerprint density at radius 1 is 0.966 bits per heavy atom. The molecule has 0 aliphatic heterocycles. The van der Waals surface area contributed by atoms with Crippen LogP contribution in [0.15, 0.2) is 48.5 Å². The summed E-state index contributed by atoms with van der Waals surface area (Å²) in [5.74, 6) is 0.855. The van der Waals surface area contributed by atoms with Gasteiger partial charge in [-0.3, -0.25) is 0 Å². The molecule has 0 saturated heterocycles. The van der Waals surface area contributed by atoms with E-state index in [1.165, 1.54) is 16.8 Å². The van der Waals surface area contributed by atoms with Gasteiger partial charge in [-0.15, -0.1) is 5.10 Å². The van der Waals surface area contributed by atoms with E-state index < -0.39 is 5.97 Å². The Morgan fingerprint density at radius 2 is 1.59 bits per heavy atom. The molecule has 0 atom stereocenters. The Kier molecular flexibility index (Phi) is 6.78. The summed E-state index contributed by atoms with van der Waals surface area (Å²) >= 11 is 0. The summed E-state index contributed by atoms with van der Waals surface area (Å²) in [5, 5.41) is 4.13. The molecule has 3 rings (SSSR count). The van der Waals surface area contributed by atoms with Crippen molar-refractivity contribution in [3.63, 3.8) is 0 Å². The van der Waals surface area contributed by atoms with Crippen LogP contribution in [0.5, 0.6) is 11.5 Å². The summed E-state index contributed by atoms with van der Waals surface area (Å²) in [6, 6.07) is 13.0. The highest BCUT2D eigenvalue weighted by atomic mass is 19.1. The van der Waals surface area contributed by atoms with Crippen molar-refractivity contribution >= 4 is 5.97 Å². The molecule has 0 fully saturated rings. The maximum absolute atomic E-state index is 13.1. The first-order valence-electron chi connectivity index (χ1n) is 9.29. The molecular formula is C21H22FN3O4. The smallest absolute Gasteiger partial charge is 0.378 e. The van der Waals surface area contributed by atoms with E-state index in [0.29, 0.717) is 23.9 Å². The quantitative estimate of drug-likeness (QED) is 0.403. The average molecular weight is 399 g/mol. The van der Waals surface area contributed by atoms with Crippen LogP contribution in [0.2, 0.25) is 0 Å². The molecule has 0 unspecified atom stereocenters. The fourth-order valence-electron chi connectivity index (χ4n) is 2.51. The van der Waals surface area contributed by atoms with Crippen LogP contribution in [0.4, 0.5) is 4.39 Å². The lowest BCUT2D eigenvalue weighted by Crippen LogP contribution is -2.14. The van der Waals surface area contributed by atoms with Gasteiger partial charge in [-0.25, -0.2) is 18.9 Å². The molecule has 0 radical (unpaired) electrons. The Labute approximate surface area is 168 Å². The lowest BCUT2D eigenvalue weighted by Gasteiger charge is -2.08. The summed E-state index contributed by atoms with van der Waals surface area (Å²) in [7, 11) is 0. The SMILES string of the molecule is CCCOc1ccc(OCCOC(=O)c2nc(C)n(-c3ccc(F)cc3)n2)cc1. The van der Waals surface area contributed by atoms with Gasteiger partial charge < -0.3 is 14.2 Å². The second kappa shape index (κ2) is 9.68. The zero-order valence-corrected chi connectivity index (χ0v) is 16.3. The van der Waals surface area contributed by atoms with Gasteiger partial charge in [0.25, 0.3) is 5.82 Å². The average Bonchev–Trinajstić information content (AvgIpc) is 3.12. The predicted molar refractivity (Wildman–Crippen MR) is 104 cm³/mol. The molecule has 0 aliphatic carbocycles. The Hall–Kier alpha value is -3.42. The topological polar surface area (TPSA) is 75.5 Å².